The third kappa shape index (κ3) is 3.34. The second-order valence-electron chi connectivity index (χ2n) is 5.28. The lowest BCUT2D eigenvalue weighted by atomic mass is 10.1. The monoisotopic (exact) mass is 288 g/mol. The number of amidine groups is 2. The summed E-state index contributed by atoms with van der Waals surface area (Å²) in [5, 5.41) is 2.81. The van der Waals surface area contributed by atoms with Crippen LogP contribution in [0.4, 0.5) is 4.39 Å². The van der Waals surface area contributed by atoms with Crippen LogP contribution in [0.5, 0.6) is 0 Å². The summed E-state index contributed by atoms with van der Waals surface area (Å²) in [4.78, 5) is 20.1. The van der Waals surface area contributed by atoms with Crippen LogP contribution in [-0.4, -0.2) is 30.2 Å². The molecule has 5 nitrogen and oxygen atoms in total. The second kappa shape index (κ2) is 5.47. The molecule has 1 aromatic carbocycles. The number of nitrogens with two attached hydrogens (primary N) is 1. The maximum atomic E-state index is 12.9. The van der Waals surface area contributed by atoms with E-state index < -0.39 is 5.54 Å². The highest BCUT2D eigenvalue weighted by atomic mass is 19.1. The topological polar surface area (TPSA) is 79.8 Å². The molecule has 1 heterocycles. The molecule has 6 heteroatoms. The van der Waals surface area contributed by atoms with Crippen LogP contribution < -0.4 is 11.1 Å². The fourth-order valence-electron chi connectivity index (χ4n) is 2.02. The van der Waals surface area contributed by atoms with E-state index in [2.05, 4.69) is 15.3 Å². The number of nitrogens with one attached hydrogen (secondary N) is 1. The first-order valence-corrected chi connectivity index (χ1v) is 6.45. The molecule has 0 saturated heterocycles. The quantitative estimate of drug-likeness (QED) is 0.637. The Kier molecular flexibility index (Phi) is 3.88. The van der Waals surface area contributed by atoms with Crippen LogP contribution in [0.2, 0.25) is 0 Å². The number of aliphatic imine (C=N–C) groups is 2. The Balaban J connectivity index is 2.33. The molecule has 1 amide bonds. The largest absolute Gasteiger partial charge is 0.383 e. The van der Waals surface area contributed by atoms with Crippen molar-refractivity contribution >= 4 is 17.6 Å². The molecule has 0 unspecified atom stereocenters. The third-order valence-corrected chi connectivity index (χ3v) is 3.00. The van der Waals surface area contributed by atoms with Gasteiger partial charge in [-0.25, -0.2) is 9.38 Å². The molecule has 0 atom stereocenters. The predicted octanol–water partition coefficient (Wildman–Crippen LogP) is 1.39. The van der Waals surface area contributed by atoms with Gasteiger partial charge >= 0.3 is 0 Å². The van der Waals surface area contributed by atoms with Crippen molar-refractivity contribution in [1.29, 1.82) is 0 Å². The molecule has 0 aromatic heterocycles. The first-order chi connectivity index (χ1) is 9.82. The van der Waals surface area contributed by atoms with E-state index in [0.29, 0.717) is 11.1 Å². The summed E-state index contributed by atoms with van der Waals surface area (Å²) in [5.41, 5.74) is 6.40. The van der Waals surface area contributed by atoms with Gasteiger partial charge in [-0.15, -0.1) is 0 Å². The SMILES string of the molecule is CN=C(N=C(N)c1ccc(F)cc1)C1=CC(C)(C)NC1=O. The van der Waals surface area contributed by atoms with Gasteiger partial charge in [-0.2, -0.15) is 0 Å². The molecule has 2 rings (SSSR count). The highest BCUT2D eigenvalue weighted by Gasteiger charge is 2.31. The van der Waals surface area contributed by atoms with E-state index in [1.54, 1.807) is 6.08 Å². The molecule has 1 aromatic rings. The lowest BCUT2D eigenvalue weighted by molar-refractivity contribution is -0.117. The van der Waals surface area contributed by atoms with E-state index >= 15 is 0 Å². The van der Waals surface area contributed by atoms with Gasteiger partial charge in [-0.3, -0.25) is 9.79 Å². The van der Waals surface area contributed by atoms with Gasteiger partial charge in [0.05, 0.1) is 11.1 Å². The number of amides is 1. The first kappa shape index (κ1) is 14.9. The number of nitrogens with zero attached hydrogens (tertiary/aromatic N) is 2. The Morgan fingerprint density at radius 1 is 1.29 bits per heavy atom. The van der Waals surface area contributed by atoms with Crippen molar-refractivity contribution in [2.75, 3.05) is 7.05 Å². The summed E-state index contributed by atoms with van der Waals surface area (Å²) in [5.74, 6) is -0.166. The van der Waals surface area contributed by atoms with Crippen molar-refractivity contribution in [2.45, 2.75) is 19.4 Å². The molecule has 0 radical (unpaired) electrons. The zero-order chi connectivity index (χ0) is 15.6. The summed E-state index contributed by atoms with van der Waals surface area (Å²) >= 11 is 0. The minimum Gasteiger partial charge on any atom is -0.383 e. The highest BCUT2D eigenvalue weighted by Crippen LogP contribution is 2.18. The Labute approximate surface area is 122 Å². The smallest absolute Gasteiger partial charge is 0.255 e. The van der Waals surface area contributed by atoms with Crippen LogP contribution in [-0.2, 0) is 4.79 Å². The number of carbonyl (C=O) groups is 1. The number of rotatable bonds is 2. The molecule has 0 fully saturated rings. The van der Waals surface area contributed by atoms with Crippen molar-refractivity contribution in [3.8, 4) is 0 Å². The Bertz CT molecular complexity index is 657. The van der Waals surface area contributed by atoms with E-state index in [-0.39, 0.29) is 23.4 Å². The van der Waals surface area contributed by atoms with Gasteiger partial charge in [0, 0.05) is 12.6 Å². The molecule has 1 aliphatic rings. The zero-order valence-corrected chi connectivity index (χ0v) is 12.1. The van der Waals surface area contributed by atoms with Crippen molar-refractivity contribution in [1.82, 2.24) is 5.32 Å². The standard InChI is InChI=1S/C15H17FN4O/c1-15(2)8-11(14(21)20-15)13(18-3)19-12(17)9-4-6-10(16)7-5-9/h4-8H,1-3H3,(H,20,21)(H2,17,18,19). The average Bonchev–Trinajstić information content (AvgIpc) is 2.69. The lowest BCUT2D eigenvalue weighted by Crippen LogP contribution is -2.36. The minimum absolute atomic E-state index is 0.175. The van der Waals surface area contributed by atoms with Crippen LogP contribution in [0, 0.1) is 5.82 Å². The van der Waals surface area contributed by atoms with Crippen LogP contribution >= 0.6 is 0 Å². The van der Waals surface area contributed by atoms with E-state index in [1.165, 1.54) is 31.3 Å². The Morgan fingerprint density at radius 3 is 2.38 bits per heavy atom. The fraction of sp³-hybridized carbons (Fsp3) is 0.267. The second-order valence-corrected chi connectivity index (χ2v) is 5.28. The molecule has 21 heavy (non-hydrogen) atoms. The van der Waals surface area contributed by atoms with Gasteiger partial charge in [-0.1, -0.05) is 0 Å². The van der Waals surface area contributed by atoms with Gasteiger partial charge in [0.15, 0.2) is 5.84 Å². The molecular weight excluding hydrogens is 271 g/mol. The number of hydrogen-bond donors (Lipinski definition) is 2. The van der Waals surface area contributed by atoms with Gasteiger partial charge in [0.1, 0.15) is 11.7 Å². The number of benzene rings is 1. The number of carbonyl (C=O) groups excluding carboxylic acids is 1. The fourth-order valence-corrected chi connectivity index (χ4v) is 2.02. The summed E-state index contributed by atoms with van der Waals surface area (Å²) in [7, 11) is 1.54. The van der Waals surface area contributed by atoms with E-state index in [0.717, 1.165) is 0 Å². The van der Waals surface area contributed by atoms with Crippen molar-refractivity contribution in [2.24, 2.45) is 15.7 Å². The van der Waals surface area contributed by atoms with Crippen LogP contribution in [0.25, 0.3) is 0 Å². The summed E-state index contributed by atoms with van der Waals surface area (Å²) in [6.45, 7) is 3.75. The third-order valence-electron chi connectivity index (χ3n) is 3.00. The maximum absolute atomic E-state index is 12.9. The van der Waals surface area contributed by atoms with Crippen LogP contribution in [0.3, 0.4) is 0 Å². The Morgan fingerprint density at radius 2 is 1.90 bits per heavy atom. The molecule has 1 aliphatic heterocycles. The van der Waals surface area contributed by atoms with Crippen LogP contribution in [0.15, 0.2) is 45.9 Å². The van der Waals surface area contributed by atoms with Crippen molar-refractivity contribution in [3.05, 3.63) is 47.3 Å². The number of halogens is 1. The summed E-state index contributed by atoms with van der Waals surface area (Å²) in [6.07, 6.45) is 1.76. The van der Waals surface area contributed by atoms with Gasteiger partial charge in [0.2, 0.25) is 0 Å². The van der Waals surface area contributed by atoms with E-state index in [1.807, 2.05) is 13.8 Å². The Hall–Kier alpha value is -2.50. The summed E-state index contributed by atoms with van der Waals surface area (Å²) in [6, 6.07) is 5.64. The normalized spacial score (nSPS) is 18.5. The summed E-state index contributed by atoms with van der Waals surface area (Å²) < 4.78 is 12.9. The van der Waals surface area contributed by atoms with Crippen LogP contribution in [0.1, 0.15) is 19.4 Å². The van der Waals surface area contributed by atoms with Gasteiger partial charge in [0.25, 0.3) is 5.91 Å². The molecule has 0 aliphatic carbocycles. The van der Waals surface area contributed by atoms with Crippen molar-refractivity contribution < 1.29 is 9.18 Å². The molecule has 0 spiro atoms. The molecule has 0 bridgehead atoms. The zero-order valence-electron chi connectivity index (χ0n) is 12.1. The number of hydrogen-bond acceptors (Lipinski definition) is 2. The van der Waals surface area contributed by atoms with E-state index in [4.69, 9.17) is 5.73 Å². The molecule has 110 valence electrons. The molecule has 3 N–H and O–H groups in total. The minimum atomic E-state index is -0.442. The molecule has 0 saturated carbocycles. The highest BCUT2D eigenvalue weighted by molar-refractivity contribution is 6.25. The first-order valence-electron chi connectivity index (χ1n) is 6.45. The maximum Gasteiger partial charge on any atom is 0.255 e. The predicted molar refractivity (Wildman–Crippen MR) is 80.8 cm³/mol. The van der Waals surface area contributed by atoms with Gasteiger partial charge < -0.3 is 11.1 Å². The average molecular weight is 288 g/mol. The lowest BCUT2D eigenvalue weighted by Gasteiger charge is -2.13. The molecular formula is C15H17FN4O. The van der Waals surface area contributed by atoms with E-state index in [9.17, 15) is 9.18 Å². The van der Waals surface area contributed by atoms with Crippen molar-refractivity contribution in [3.63, 3.8) is 0 Å². The van der Waals surface area contributed by atoms with Gasteiger partial charge in [-0.05, 0) is 44.2 Å².